The molecule has 0 aliphatic rings. The van der Waals surface area contributed by atoms with Gasteiger partial charge in [0.25, 0.3) is 5.89 Å². The Kier molecular flexibility index (Phi) is 4.38. The van der Waals surface area contributed by atoms with Crippen LogP contribution in [0.25, 0.3) is 22.9 Å². The number of benzene rings is 2. The fourth-order valence-corrected chi connectivity index (χ4v) is 2.45. The Balaban J connectivity index is 2.00. The number of alkyl halides is 3. The fourth-order valence-electron chi connectivity index (χ4n) is 1.96. The molecular weight excluding hydrogens is 368 g/mol. The van der Waals surface area contributed by atoms with E-state index in [0.29, 0.717) is 10.6 Å². The maximum atomic E-state index is 12.5. The van der Waals surface area contributed by atoms with Crippen molar-refractivity contribution < 1.29 is 22.3 Å². The average Bonchev–Trinajstić information content (AvgIpc) is 2.95. The van der Waals surface area contributed by atoms with Gasteiger partial charge in [-0.25, -0.2) is 0 Å². The van der Waals surface area contributed by atoms with Gasteiger partial charge in [-0.15, -0.1) is 23.4 Å². The van der Waals surface area contributed by atoms with Crippen LogP contribution in [0, 0.1) is 0 Å². The second-order valence-corrected chi connectivity index (χ2v) is 5.42. The quantitative estimate of drug-likeness (QED) is 0.597. The first-order valence-electron chi connectivity index (χ1n) is 6.47. The summed E-state index contributed by atoms with van der Waals surface area (Å²) in [5, 5.41) is 8.27. The van der Waals surface area contributed by atoms with E-state index in [1.165, 1.54) is 24.3 Å². The molecule has 0 amide bonds. The van der Waals surface area contributed by atoms with Crippen LogP contribution < -0.4 is 4.74 Å². The summed E-state index contributed by atoms with van der Waals surface area (Å²) in [5.74, 6) is -0.522. The minimum atomic E-state index is -4.83. The lowest BCUT2D eigenvalue weighted by Gasteiger charge is -2.10. The first-order chi connectivity index (χ1) is 11.3. The van der Waals surface area contributed by atoms with Crippen molar-refractivity contribution in [1.29, 1.82) is 0 Å². The van der Waals surface area contributed by atoms with Gasteiger partial charge < -0.3 is 9.15 Å². The van der Waals surface area contributed by atoms with Crippen LogP contribution in [-0.4, -0.2) is 16.6 Å². The molecule has 0 unspecified atom stereocenters. The van der Waals surface area contributed by atoms with Crippen LogP contribution in [0.5, 0.6) is 5.75 Å². The van der Waals surface area contributed by atoms with E-state index in [1.54, 1.807) is 12.1 Å². The molecule has 0 bridgehead atoms. The van der Waals surface area contributed by atoms with Gasteiger partial charge in [0, 0.05) is 5.02 Å². The van der Waals surface area contributed by atoms with Crippen molar-refractivity contribution in [2.24, 2.45) is 0 Å². The van der Waals surface area contributed by atoms with Gasteiger partial charge in [0.05, 0.1) is 16.1 Å². The normalized spacial score (nSPS) is 11.5. The lowest BCUT2D eigenvalue weighted by Crippen LogP contribution is -2.17. The topological polar surface area (TPSA) is 48.2 Å². The third-order valence-electron chi connectivity index (χ3n) is 2.93. The molecule has 1 heterocycles. The minimum absolute atomic E-state index is 0.0126. The number of rotatable bonds is 3. The summed E-state index contributed by atoms with van der Waals surface area (Å²) < 4.78 is 46.8. The Morgan fingerprint density at radius 3 is 2.25 bits per heavy atom. The molecule has 0 radical (unpaired) electrons. The molecule has 0 atom stereocenters. The van der Waals surface area contributed by atoms with Crippen LogP contribution in [0.2, 0.25) is 10.0 Å². The fraction of sp³-hybridized carbons (Fsp3) is 0.0667. The molecule has 0 aliphatic heterocycles. The van der Waals surface area contributed by atoms with E-state index in [-0.39, 0.29) is 22.4 Å². The third kappa shape index (κ3) is 3.63. The first-order valence-corrected chi connectivity index (χ1v) is 7.23. The third-order valence-corrected chi connectivity index (χ3v) is 3.48. The van der Waals surface area contributed by atoms with Gasteiger partial charge in [-0.2, -0.15) is 0 Å². The molecule has 3 aromatic rings. The molecule has 4 nitrogen and oxygen atoms in total. The number of hydrogen-bond donors (Lipinski definition) is 0. The summed E-state index contributed by atoms with van der Waals surface area (Å²) in [4.78, 5) is 0. The predicted octanol–water partition coefficient (Wildman–Crippen LogP) is 5.61. The molecule has 124 valence electrons. The van der Waals surface area contributed by atoms with E-state index < -0.39 is 12.1 Å². The number of halogens is 5. The summed E-state index contributed by atoms with van der Waals surface area (Å²) in [7, 11) is 0. The molecule has 0 saturated carbocycles. The number of nitrogens with zero attached hydrogens (tertiary/aromatic N) is 2. The van der Waals surface area contributed by atoms with Crippen LogP contribution in [0.3, 0.4) is 0 Å². The molecule has 0 spiro atoms. The lowest BCUT2D eigenvalue weighted by molar-refractivity contribution is -0.274. The summed E-state index contributed by atoms with van der Waals surface area (Å²) in [6, 6.07) is 10.1. The van der Waals surface area contributed by atoms with Gasteiger partial charge in [-0.1, -0.05) is 35.3 Å². The summed E-state index contributed by atoms with van der Waals surface area (Å²) in [5.41, 5.74) is 0.424. The van der Waals surface area contributed by atoms with Gasteiger partial charge in [0.15, 0.2) is 0 Å². The Hall–Kier alpha value is -2.25. The zero-order chi connectivity index (χ0) is 17.3. The van der Waals surface area contributed by atoms with Crippen molar-refractivity contribution in [2.45, 2.75) is 6.36 Å². The molecule has 3 rings (SSSR count). The first kappa shape index (κ1) is 16.6. The van der Waals surface area contributed by atoms with E-state index in [1.807, 2.05) is 0 Å². The van der Waals surface area contributed by atoms with E-state index in [0.717, 1.165) is 6.07 Å². The highest BCUT2D eigenvalue weighted by atomic mass is 35.5. The van der Waals surface area contributed by atoms with Gasteiger partial charge >= 0.3 is 6.36 Å². The Bertz CT molecular complexity index is 881. The van der Waals surface area contributed by atoms with Crippen molar-refractivity contribution in [1.82, 2.24) is 10.2 Å². The average molecular weight is 375 g/mol. The van der Waals surface area contributed by atoms with Crippen LogP contribution in [-0.2, 0) is 0 Å². The highest BCUT2D eigenvalue weighted by Crippen LogP contribution is 2.35. The van der Waals surface area contributed by atoms with E-state index in [9.17, 15) is 13.2 Å². The SMILES string of the molecule is FC(F)(F)Oc1ccccc1-c1nnc(-c2ccc(Cl)cc2Cl)o1. The summed E-state index contributed by atoms with van der Waals surface area (Å²) in [6.07, 6.45) is -4.83. The Labute approximate surface area is 143 Å². The highest BCUT2D eigenvalue weighted by Gasteiger charge is 2.32. The molecule has 2 aromatic carbocycles. The predicted molar refractivity (Wildman–Crippen MR) is 81.9 cm³/mol. The monoisotopic (exact) mass is 374 g/mol. The maximum absolute atomic E-state index is 12.5. The molecule has 0 aliphatic carbocycles. The number of ether oxygens (including phenoxy) is 1. The van der Waals surface area contributed by atoms with Crippen molar-refractivity contribution >= 4 is 23.2 Å². The van der Waals surface area contributed by atoms with Crippen molar-refractivity contribution in [3.05, 3.63) is 52.5 Å². The molecule has 24 heavy (non-hydrogen) atoms. The Morgan fingerprint density at radius 1 is 0.917 bits per heavy atom. The zero-order valence-corrected chi connectivity index (χ0v) is 13.2. The minimum Gasteiger partial charge on any atom is -0.416 e. The number of hydrogen-bond acceptors (Lipinski definition) is 4. The second-order valence-electron chi connectivity index (χ2n) is 4.58. The molecule has 1 aromatic heterocycles. The van der Waals surface area contributed by atoms with Gasteiger partial charge in [0.2, 0.25) is 5.89 Å². The molecule has 9 heteroatoms. The maximum Gasteiger partial charge on any atom is 0.573 e. The number of para-hydroxylation sites is 1. The summed E-state index contributed by atoms with van der Waals surface area (Å²) in [6.45, 7) is 0. The lowest BCUT2D eigenvalue weighted by atomic mass is 10.2. The van der Waals surface area contributed by atoms with Gasteiger partial charge in [0.1, 0.15) is 5.75 Å². The summed E-state index contributed by atoms with van der Waals surface area (Å²) >= 11 is 11.9. The second kappa shape index (κ2) is 6.33. The molecule has 0 N–H and O–H groups in total. The smallest absolute Gasteiger partial charge is 0.416 e. The van der Waals surface area contributed by atoms with Crippen LogP contribution in [0.15, 0.2) is 46.9 Å². The highest BCUT2D eigenvalue weighted by molar-refractivity contribution is 6.36. The zero-order valence-electron chi connectivity index (χ0n) is 11.6. The number of aromatic nitrogens is 2. The molecule has 0 saturated heterocycles. The largest absolute Gasteiger partial charge is 0.573 e. The van der Waals surface area contributed by atoms with Crippen LogP contribution in [0.4, 0.5) is 13.2 Å². The molecular formula is C15H7Cl2F3N2O2. The standard InChI is InChI=1S/C15H7Cl2F3N2O2/c16-8-5-6-9(11(17)7-8)13-21-22-14(23-13)10-3-1-2-4-12(10)24-15(18,19)20/h1-7H. The Morgan fingerprint density at radius 2 is 1.58 bits per heavy atom. The molecule has 0 fully saturated rings. The van der Waals surface area contributed by atoms with E-state index >= 15 is 0 Å². The van der Waals surface area contributed by atoms with Gasteiger partial charge in [-0.3, -0.25) is 0 Å². The van der Waals surface area contributed by atoms with Crippen molar-refractivity contribution in [3.63, 3.8) is 0 Å². The van der Waals surface area contributed by atoms with Crippen molar-refractivity contribution in [2.75, 3.05) is 0 Å². The van der Waals surface area contributed by atoms with E-state index in [4.69, 9.17) is 27.6 Å². The van der Waals surface area contributed by atoms with E-state index in [2.05, 4.69) is 14.9 Å². The van der Waals surface area contributed by atoms with Gasteiger partial charge in [-0.05, 0) is 30.3 Å². The van der Waals surface area contributed by atoms with Crippen molar-refractivity contribution in [3.8, 4) is 28.7 Å². The van der Waals surface area contributed by atoms with Crippen LogP contribution in [0.1, 0.15) is 0 Å². The van der Waals surface area contributed by atoms with Crippen LogP contribution >= 0.6 is 23.2 Å².